The summed E-state index contributed by atoms with van der Waals surface area (Å²) >= 11 is 1.85. The summed E-state index contributed by atoms with van der Waals surface area (Å²) in [4.78, 5) is 10.7. The van der Waals surface area contributed by atoms with Crippen molar-refractivity contribution in [2.45, 2.75) is 0 Å². The molecule has 0 aliphatic carbocycles. The van der Waals surface area contributed by atoms with Gasteiger partial charge in [-0.25, -0.2) is 9.97 Å². The third-order valence-electron chi connectivity index (χ3n) is 10.9. The molecule has 0 amide bonds. The number of benzene rings is 9. The zero-order valence-electron chi connectivity index (χ0n) is 29.8. The number of rotatable bonds is 5. The van der Waals surface area contributed by atoms with Crippen LogP contribution in [0.25, 0.3) is 109 Å². The van der Waals surface area contributed by atoms with Crippen LogP contribution in [-0.2, 0) is 0 Å². The zero-order chi connectivity index (χ0) is 36.3. The number of hydrogen-bond acceptors (Lipinski definition) is 3. The second-order valence-corrected chi connectivity index (χ2v) is 15.2. The maximum atomic E-state index is 5.44. The molecule has 0 aliphatic rings. The third kappa shape index (κ3) is 5.32. The molecule has 0 unspecified atom stereocenters. The minimum atomic E-state index is 0.703. The Labute approximate surface area is 322 Å². The van der Waals surface area contributed by atoms with E-state index in [1.54, 1.807) is 0 Å². The van der Waals surface area contributed by atoms with Crippen LogP contribution in [0.5, 0.6) is 0 Å². The van der Waals surface area contributed by atoms with E-state index in [1.807, 2.05) is 17.4 Å². The molecule has 0 fully saturated rings. The third-order valence-corrected chi connectivity index (χ3v) is 12.0. The molecule has 0 saturated heterocycles. The van der Waals surface area contributed by atoms with Gasteiger partial charge in [0, 0.05) is 42.2 Å². The first-order valence-electron chi connectivity index (χ1n) is 18.7. The van der Waals surface area contributed by atoms with Gasteiger partial charge in [-0.15, -0.1) is 11.3 Å². The van der Waals surface area contributed by atoms with Gasteiger partial charge in [0.25, 0.3) is 0 Å². The molecule has 0 atom stereocenters. The number of nitrogens with zero attached hydrogens (tertiary/aromatic N) is 2. The molecule has 0 N–H and O–H groups in total. The Morgan fingerprint density at radius 1 is 0.309 bits per heavy atom. The lowest BCUT2D eigenvalue weighted by Crippen LogP contribution is -1.98. The van der Waals surface area contributed by atoms with Crippen LogP contribution in [-0.4, -0.2) is 9.97 Å². The van der Waals surface area contributed by atoms with Crippen LogP contribution in [0.1, 0.15) is 0 Å². The van der Waals surface area contributed by atoms with E-state index in [0.29, 0.717) is 5.82 Å². The van der Waals surface area contributed by atoms with E-state index in [-0.39, 0.29) is 0 Å². The quantitative estimate of drug-likeness (QED) is 0.131. The van der Waals surface area contributed by atoms with Gasteiger partial charge >= 0.3 is 0 Å². The molecule has 55 heavy (non-hydrogen) atoms. The number of aromatic nitrogens is 2. The summed E-state index contributed by atoms with van der Waals surface area (Å²) in [5.41, 5.74) is 9.72. The second-order valence-electron chi connectivity index (χ2n) is 14.1. The maximum Gasteiger partial charge on any atom is 0.160 e. The van der Waals surface area contributed by atoms with Crippen LogP contribution in [0.15, 0.2) is 194 Å². The molecular formula is C52H32N2S. The van der Waals surface area contributed by atoms with Gasteiger partial charge < -0.3 is 0 Å². The fourth-order valence-electron chi connectivity index (χ4n) is 8.33. The predicted octanol–water partition coefficient (Wildman–Crippen LogP) is 14.6. The van der Waals surface area contributed by atoms with E-state index in [9.17, 15) is 0 Å². The minimum absolute atomic E-state index is 0.703. The molecule has 11 rings (SSSR count). The molecule has 11 aromatic rings. The fourth-order valence-corrected chi connectivity index (χ4v) is 9.42. The summed E-state index contributed by atoms with van der Waals surface area (Å²) < 4.78 is 2.62. The van der Waals surface area contributed by atoms with Crippen molar-refractivity contribution in [3.05, 3.63) is 194 Å². The Kier molecular flexibility index (Phi) is 7.39. The van der Waals surface area contributed by atoms with Crippen molar-refractivity contribution in [2.75, 3.05) is 0 Å². The Bertz CT molecular complexity index is 3250. The van der Waals surface area contributed by atoms with Gasteiger partial charge in [-0.1, -0.05) is 164 Å². The lowest BCUT2D eigenvalue weighted by atomic mass is 9.85. The first-order chi connectivity index (χ1) is 27.3. The molecule has 2 heterocycles. The molecule has 256 valence electrons. The molecule has 0 spiro atoms. The van der Waals surface area contributed by atoms with Gasteiger partial charge in [0.15, 0.2) is 5.82 Å². The summed E-state index contributed by atoms with van der Waals surface area (Å²) in [6, 6.07) is 69.8. The van der Waals surface area contributed by atoms with Crippen LogP contribution in [0, 0.1) is 0 Å². The van der Waals surface area contributed by atoms with Gasteiger partial charge in [0.1, 0.15) is 0 Å². The minimum Gasteiger partial charge on any atom is -0.228 e. The molecule has 3 heteroatoms. The van der Waals surface area contributed by atoms with E-state index in [1.165, 1.54) is 69.2 Å². The molecule has 0 saturated carbocycles. The van der Waals surface area contributed by atoms with Crippen molar-refractivity contribution < 1.29 is 0 Å². The lowest BCUT2D eigenvalue weighted by molar-refractivity contribution is 1.19. The molecule has 2 aromatic heterocycles. The van der Waals surface area contributed by atoms with Gasteiger partial charge in [0.05, 0.1) is 11.4 Å². The van der Waals surface area contributed by atoms with E-state index < -0.39 is 0 Å². The Morgan fingerprint density at radius 3 is 1.73 bits per heavy atom. The summed E-state index contributed by atoms with van der Waals surface area (Å²) in [6.45, 7) is 0. The highest BCUT2D eigenvalue weighted by molar-refractivity contribution is 7.25. The van der Waals surface area contributed by atoms with Crippen LogP contribution in [0.4, 0.5) is 0 Å². The number of hydrogen-bond donors (Lipinski definition) is 0. The first kappa shape index (κ1) is 31.6. The Balaban J connectivity index is 1.19. The predicted molar refractivity (Wildman–Crippen MR) is 235 cm³/mol. The summed E-state index contributed by atoms with van der Waals surface area (Å²) in [6.07, 6.45) is 0. The van der Waals surface area contributed by atoms with E-state index >= 15 is 0 Å². The van der Waals surface area contributed by atoms with Gasteiger partial charge in [0.2, 0.25) is 0 Å². The summed E-state index contributed by atoms with van der Waals surface area (Å²) in [7, 11) is 0. The smallest absolute Gasteiger partial charge is 0.160 e. The van der Waals surface area contributed by atoms with Crippen molar-refractivity contribution in [1.82, 2.24) is 9.97 Å². The van der Waals surface area contributed by atoms with Gasteiger partial charge in [-0.3, -0.25) is 0 Å². The van der Waals surface area contributed by atoms with Crippen molar-refractivity contribution >= 4 is 63.8 Å². The van der Waals surface area contributed by atoms with Crippen LogP contribution in [0.2, 0.25) is 0 Å². The normalized spacial score (nSPS) is 11.6. The Morgan fingerprint density at radius 2 is 0.909 bits per heavy atom. The monoisotopic (exact) mass is 716 g/mol. The maximum absolute atomic E-state index is 5.44. The van der Waals surface area contributed by atoms with Crippen molar-refractivity contribution in [2.24, 2.45) is 0 Å². The standard InChI is InChI=1S/C52H32N2S/c1-3-15-34(16-4-1)49-41-23-9-10-24-42(41)51(50-39-21-8-7-14-33(39)26-28-43(49)50)46-32-45(53-52(54-46)35-17-5-2-6-18-35)38-20-13-19-36(30-38)37-27-29-48-44(31-37)40-22-11-12-25-47(40)55-48/h1-32H. The first-order valence-corrected chi connectivity index (χ1v) is 19.5. The van der Waals surface area contributed by atoms with Crippen molar-refractivity contribution in [1.29, 1.82) is 0 Å². The molecule has 2 nitrogen and oxygen atoms in total. The SMILES string of the molecule is c1ccc(-c2nc(-c3cccc(-c4ccc5sc6ccccc6c5c4)c3)cc(-c3c4ccccc4c(-c4ccccc4)c4ccc5ccccc5c34)n2)cc1. The average molecular weight is 717 g/mol. The number of fused-ring (bicyclic) bond motifs is 7. The topological polar surface area (TPSA) is 25.8 Å². The van der Waals surface area contributed by atoms with E-state index in [2.05, 4.69) is 188 Å². The van der Waals surface area contributed by atoms with E-state index in [4.69, 9.17) is 9.97 Å². The molecular weight excluding hydrogens is 685 g/mol. The van der Waals surface area contributed by atoms with Crippen molar-refractivity contribution in [3.63, 3.8) is 0 Å². The zero-order valence-corrected chi connectivity index (χ0v) is 30.6. The average Bonchev–Trinajstić information content (AvgIpc) is 3.64. The molecule has 9 aromatic carbocycles. The molecule has 0 bridgehead atoms. The largest absolute Gasteiger partial charge is 0.228 e. The molecule has 0 aliphatic heterocycles. The van der Waals surface area contributed by atoms with Crippen LogP contribution in [0.3, 0.4) is 0 Å². The molecule has 0 radical (unpaired) electrons. The van der Waals surface area contributed by atoms with E-state index in [0.717, 1.165) is 33.6 Å². The second kappa shape index (κ2) is 12.9. The van der Waals surface area contributed by atoms with Gasteiger partial charge in [-0.2, -0.15) is 0 Å². The van der Waals surface area contributed by atoms with Crippen molar-refractivity contribution in [3.8, 4) is 56.2 Å². The highest BCUT2D eigenvalue weighted by atomic mass is 32.1. The summed E-state index contributed by atoms with van der Waals surface area (Å²) in [5, 5.41) is 9.78. The fraction of sp³-hybridized carbons (Fsp3) is 0. The Hall–Kier alpha value is -6.94. The highest BCUT2D eigenvalue weighted by Gasteiger charge is 2.21. The number of thiophene rings is 1. The highest BCUT2D eigenvalue weighted by Crippen LogP contribution is 2.46. The van der Waals surface area contributed by atoms with Crippen LogP contribution >= 0.6 is 11.3 Å². The lowest BCUT2D eigenvalue weighted by Gasteiger charge is -2.19. The van der Waals surface area contributed by atoms with Gasteiger partial charge in [-0.05, 0) is 79.5 Å². The van der Waals surface area contributed by atoms with Crippen LogP contribution < -0.4 is 0 Å². The summed E-state index contributed by atoms with van der Waals surface area (Å²) in [5.74, 6) is 0.703.